The second-order valence-electron chi connectivity index (χ2n) is 4.20. The van der Waals surface area contributed by atoms with Crippen molar-refractivity contribution in [3.8, 4) is 5.75 Å². The van der Waals surface area contributed by atoms with Gasteiger partial charge in [-0.25, -0.2) is 9.78 Å². The first-order chi connectivity index (χ1) is 9.83. The first kappa shape index (κ1) is 14.9. The molecular weight excluding hydrogens is 298 g/mol. The first-order valence-electron chi connectivity index (χ1n) is 5.75. The number of hydrogen-bond donors (Lipinski definition) is 2. The van der Waals surface area contributed by atoms with Crippen LogP contribution in [-0.2, 0) is 17.1 Å². The summed E-state index contributed by atoms with van der Waals surface area (Å²) in [5, 5.41) is 8.95. The van der Waals surface area contributed by atoms with E-state index in [0.717, 1.165) is 0 Å². The molecule has 0 atom stereocenters. The number of ether oxygens (including phenoxy) is 1. The Bertz CT molecular complexity index is 782. The van der Waals surface area contributed by atoms with Crippen molar-refractivity contribution in [1.29, 1.82) is 0 Å². The number of carboxylic acid groups (broad SMARTS) is 1. The predicted molar refractivity (Wildman–Crippen MR) is 74.0 cm³/mol. The van der Waals surface area contributed by atoms with Crippen LogP contribution in [-0.4, -0.2) is 36.2 Å². The van der Waals surface area contributed by atoms with Gasteiger partial charge in [0.1, 0.15) is 5.75 Å². The zero-order valence-corrected chi connectivity index (χ0v) is 12.1. The molecule has 1 heterocycles. The van der Waals surface area contributed by atoms with Crippen molar-refractivity contribution in [3.63, 3.8) is 0 Å². The molecule has 0 amide bonds. The lowest BCUT2D eigenvalue weighted by Gasteiger charge is -2.10. The van der Waals surface area contributed by atoms with Gasteiger partial charge in [-0.3, -0.25) is 4.72 Å². The summed E-state index contributed by atoms with van der Waals surface area (Å²) in [6.45, 7) is 0. The van der Waals surface area contributed by atoms with Crippen LogP contribution in [0.3, 0.4) is 0 Å². The predicted octanol–water partition coefficient (Wildman–Crippen LogP) is 0.928. The molecule has 0 spiro atoms. The third-order valence-corrected chi connectivity index (χ3v) is 3.91. The minimum atomic E-state index is -3.95. The largest absolute Gasteiger partial charge is 0.497 e. The molecule has 2 rings (SSSR count). The van der Waals surface area contributed by atoms with Crippen molar-refractivity contribution in [1.82, 2.24) is 9.55 Å². The number of carboxylic acids is 1. The quantitative estimate of drug-likeness (QED) is 0.849. The van der Waals surface area contributed by atoms with Crippen LogP contribution in [0.4, 0.5) is 5.69 Å². The number of sulfonamides is 1. The number of methoxy groups -OCH3 is 1. The highest BCUT2D eigenvalue weighted by Crippen LogP contribution is 2.24. The number of anilines is 1. The summed E-state index contributed by atoms with van der Waals surface area (Å²) in [5.74, 6) is -0.958. The topological polar surface area (TPSA) is 111 Å². The fraction of sp³-hybridized carbons (Fsp3) is 0.167. The van der Waals surface area contributed by atoms with Crippen molar-refractivity contribution in [3.05, 3.63) is 36.3 Å². The van der Waals surface area contributed by atoms with E-state index in [0.29, 0.717) is 5.75 Å². The minimum absolute atomic E-state index is 0.0612. The van der Waals surface area contributed by atoms with Gasteiger partial charge in [-0.2, -0.15) is 8.42 Å². The standard InChI is InChI=1S/C12H13N3O5S/c1-15-6-11(13-7-15)21(18,19)14-10-4-3-8(20-2)5-9(10)12(16)17/h3-7,14H,1-2H3,(H,16,17). The van der Waals surface area contributed by atoms with Crippen molar-refractivity contribution >= 4 is 21.7 Å². The molecule has 0 radical (unpaired) electrons. The van der Waals surface area contributed by atoms with E-state index in [2.05, 4.69) is 9.71 Å². The Morgan fingerprint density at radius 1 is 1.43 bits per heavy atom. The molecule has 0 saturated heterocycles. The number of aromatic carboxylic acids is 1. The van der Waals surface area contributed by atoms with Gasteiger partial charge < -0.3 is 14.4 Å². The van der Waals surface area contributed by atoms with E-state index in [4.69, 9.17) is 9.84 Å². The van der Waals surface area contributed by atoms with Crippen LogP contribution >= 0.6 is 0 Å². The summed E-state index contributed by atoms with van der Waals surface area (Å²) < 4.78 is 32.9. The molecule has 2 aromatic rings. The number of imidazole rings is 1. The monoisotopic (exact) mass is 311 g/mol. The Morgan fingerprint density at radius 3 is 2.67 bits per heavy atom. The lowest BCUT2D eigenvalue weighted by molar-refractivity contribution is 0.0697. The van der Waals surface area contributed by atoms with Gasteiger partial charge in [-0.1, -0.05) is 0 Å². The van der Waals surface area contributed by atoms with Gasteiger partial charge in [-0.15, -0.1) is 0 Å². The number of benzene rings is 1. The zero-order valence-electron chi connectivity index (χ0n) is 11.3. The van der Waals surface area contributed by atoms with E-state index in [9.17, 15) is 13.2 Å². The van der Waals surface area contributed by atoms with Crippen molar-refractivity contribution in [2.45, 2.75) is 5.03 Å². The average Bonchev–Trinajstić information content (AvgIpc) is 2.86. The first-order valence-corrected chi connectivity index (χ1v) is 7.24. The summed E-state index contributed by atoms with van der Waals surface area (Å²) in [7, 11) is -0.940. The van der Waals surface area contributed by atoms with Crippen molar-refractivity contribution < 1.29 is 23.1 Å². The highest BCUT2D eigenvalue weighted by molar-refractivity contribution is 7.92. The lowest BCUT2D eigenvalue weighted by Crippen LogP contribution is -2.16. The number of carbonyl (C=O) groups is 1. The van der Waals surface area contributed by atoms with E-state index in [1.807, 2.05) is 0 Å². The van der Waals surface area contributed by atoms with Crippen LogP contribution in [0.2, 0.25) is 0 Å². The number of nitrogens with zero attached hydrogens (tertiary/aromatic N) is 2. The number of aromatic nitrogens is 2. The second kappa shape index (κ2) is 5.44. The molecule has 0 unspecified atom stereocenters. The maximum atomic E-state index is 12.1. The molecule has 2 N–H and O–H groups in total. The Morgan fingerprint density at radius 2 is 2.14 bits per heavy atom. The molecule has 1 aromatic heterocycles. The van der Waals surface area contributed by atoms with Gasteiger partial charge in [0, 0.05) is 13.2 Å². The Hall–Kier alpha value is -2.55. The third-order valence-electron chi connectivity index (χ3n) is 2.66. The molecule has 9 heteroatoms. The van der Waals surface area contributed by atoms with Crippen molar-refractivity contribution in [2.75, 3.05) is 11.8 Å². The molecule has 0 aliphatic heterocycles. The Kier molecular flexibility index (Phi) is 3.85. The maximum Gasteiger partial charge on any atom is 0.337 e. The summed E-state index contributed by atoms with van der Waals surface area (Å²) in [6.07, 6.45) is 2.65. The normalized spacial score (nSPS) is 11.1. The summed E-state index contributed by atoms with van der Waals surface area (Å²) in [4.78, 5) is 14.9. The second-order valence-corrected chi connectivity index (χ2v) is 5.83. The van der Waals surface area contributed by atoms with Crippen LogP contribution in [0.5, 0.6) is 5.75 Å². The highest BCUT2D eigenvalue weighted by atomic mass is 32.2. The van der Waals surface area contributed by atoms with Crippen LogP contribution in [0.15, 0.2) is 35.7 Å². The number of rotatable bonds is 5. The number of hydrogen-bond acceptors (Lipinski definition) is 5. The van der Waals surface area contributed by atoms with Gasteiger partial charge in [0.05, 0.1) is 24.7 Å². The molecule has 21 heavy (non-hydrogen) atoms. The molecule has 0 bridgehead atoms. The molecule has 0 saturated carbocycles. The van der Waals surface area contributed by atoms with E-state index < -0.39 is 16.0 Å². The van der Waals surface area contributed by atoms with Crippen LogP contribution in [0, 0.1) is 0 Å². The van der Waals surface area contributed by atoms with Crippen molar-refractivity contribution in [2.24, 2.45) is 7.05 Å². The summed E-state index contributed by atoms with van der Waals surface area (Å²) in [5.41, 5.74) is -0.275. The Labute approximate surface area is 121 Å². The lowest BCUT2D eigenvalue weighted by atomic mass is 10.2. The smallest absolute Gasteiger partial charge is 0.337 e. The molecule has 0 aliphatic rings. The Balaban J connectivity index is 2.41. The molecule has 0 fully saturated rings. The number of aryl methyl sites for hydroxylation is 1. The molecule has 1 aromatic carbocycles. The summed E-state index contributed by atoms with van der Waals surface area (Å²) in [6, 6.07) is 4.02. The fourth-order valence-electron chi connectivity index (χ4n) is 1.64. The van der Waals surface area contributed by atoms with E-state index >= 15 is 0 Å². The minimum Gasteiger partial charge on any atom is -0.497 e. The molecule has 0 aliphatic carbocycles. The average molecular weight is 311 g/mol. The van der Waals surface area contributed by atoms with E-state index in [1.165, 1.54) is 42.4 Å². The SMILES string of the molecule is COc1ccc(NS(=O)(=O)c2cn(C)cn2)c(C(=O)O)c1. The van der Waals surface area contributed by atoms with Gasteiger partial charge in [0.25, 0.3) is 10.0 Å². The van der Waals surface area contributed by atoms with Gasteiger partial charge >= 0.3 is 5.97 Å². The van der Waals surface area contributed by atoms with Crippen LogP contribution in [0.25, 0.3) is 0 Å². The van der Waals surface area contributed by atoms with Crippen LogP contribution in [0.1, 0.15) is 10.4 Å². The fourth-order valence-corrected chi connectivity index (χ4v) is 2.70. The summed E-state index contributed by atoms with van der Waals surface area (Å²) >= 11 is 0. The maximum absolute atomic E-state index is 12.1. The number of nitrogens with one attached hydrogen (secondary N) is 1. The molecular formula is C12H13N3O5S. The van der Waals surface area contributed by atoms with E-state index in [1.54, 1.807) is 7.05 Å². The third kappa shape index (κ3) is 3.14. The van der Waals surface area contributed by atoms with Crippen LogP contribution < -0.4 is 9.46 Å². The highest BCUT2D eigenvalue weighted by Gasteiger charge is 2.21. The molecule has 8 nitrogen and oxygen atoms in total. The zero-order chi connectivity index (χ0) is 15.6. The van der Waals surface area contributed by atoms with E-state index in [-0.39, 0.29) is 16.3 Å². The van der Waals surface area contributed by atoms with Gasteiger partial charge in [0.15, 0.2) is 5.03 Å². The van der Waals surface area contributed by atoms with Gasteiger partial charge in [-0.05, 0) is 18.2 Å². The van der Waals surface area contributed by atoms with Gasteiger partial charge in [0.2, 0.25) is 0 Å². The molecule has 112 valence electrons.